The Balaban J connectivity index is 1.90. The Morgan fingerprint density at radius 2 is 1.76 bits per heavy atom. The minimum atomic E-state index is 0.502. The van der Waals surface area contributed by atoms with E-state index < -0.39 is 0 Å². The minimum Gasteiger partial charge on any atom is -0.379 e. The van der Waals surface area contributed by atoms with E-state index in [1.165, 1.54) is 0 Å². The predicted molar refractivity (Wildman–Crippen MR) is 117 cm³/mol. The second-order valence-corrected chi connectivity index (χ2v) is 8.12. The number of morpholine rings is 1. The molecule has 0 amide bonds. The summed E-state index contributed by atoms with van der Waals surface area (Å²) < 4.78 is 7.40. The van der Waals surface area contributed by atoms with Crippen LogP contribution in [0.4, 0.5) is 0 Å². The van der Waals surface area contributed by atoms with Gasteiger partial charge in [0.2, 0.25) is 0 Å². The summed E-state index contributed by atoms with van der Waals surface area (Å²) in [6.45, 7) is 18.7. The summed E-state index contributed by atoms with van der Waals surface area (Å²) >= 11 is 0. The summed E-state index contributed by atoms with van der Waals surface area (Å²) in [4.78, 5) is 9.64. The molecule has 166 valence electrons. The number of ether oxygens (including phenoxy) is 1. The lowest BCUT2D eigenvalue weighted by atomic mass is 10.2. The molecule has 2 N–H and O–H groups in total. The second kappa shape index (κ2) is 12.1. The molecule has 0 unspecified atom stereocenters. The lowest BCUT2D eigenvalue weighted by molar-refractivity contribution is 0.0389. The maximum absolute atomic E-state index is 5.42. The van der Waals surface area contributed by atoms with E-state index in [1.807, 2.05) is 18.5 Å². The summed E-state index contributed by atoms with van der Waals surface area (Å²) in [6.07, 6.45) is 0. The standard InChI is InChI=1S/C20H40N8O/c1-16(2)28(17(3)4)10-8-22-20(21-7-9-27-11-13-29-14-12-27)23-15-19-25-24-18(5)26(19)6/h16-17H,7-15H2,1-6H3,(H2,21,22,23). The highest BCUT2D eigenvalue weighted by atomic mass is 16.5. The van der Waals surface area contributed by atoms with Crippen LogP contribution >= 0.6 is 0 Å². The van der Waals surface area contributed by atoms with Gasteiger partial charge in [-0.3, -0.25) is 9.80 Å². The first-order chi connectivity index (χ1) is 13.9. The van der Waals surface area contributed by atoms with E-state index >= 15 is 0 Å². The molecule has 0 radical (unpaired) electrons. The average molecular weight is 409 g/mol. The fourth-order valence-corrected chi connectivity index (χ4v) is 3.49. The first-order valence-electron chi connectivity index (χ1n) is 10.8. The Morgan fingerprint density at radius 1 is 1.10 bits per heavy atom. The van der Waals surface area contributed by atoms with Gasteiger partial charge in [0.25, 0.3) is 0 Å². The molecule has 0 aromatic carbocycles. The minimum absolute atomic E-state index is 0.502. The number of rotatable bonds is 10. The van der Waals surface area contributed by atoms with Gasteiger partial charge in [-0.2, -0.15) is 0 Å². The van der Waals surface area contributed by atoms with Crippen LogP contribution in [0.5, 0.6) is 0 Å². The van der Waals surface area contributed by atoms with Crippen molar-refractivity contribution in [3.8, 4) is 0 Å². The average Bonchev–Trinajstić information content (AvgIpc) is 3.01. The summed E-state index contributed by atoms with van der Waals surface area (Å²) in [5, 5.41) is 15.3. The molecular weight excluding hydrogens is 368 g/mol. The van der Waals surface area contributed by atoms with E-state index in [1.54, 1.807) is 0 Å². The molecule has 0 aliphatic carbocycles. The summed E-state index contributed by atoms with van der Waals surface area (Å²) in [5.41, 5.74) is 0. The van der Waals surface area contributed by atoms with Gasteiger partial charge < -0.3 is 19.9 Å². The third kappa shape index (κ3) is 7.91. The van der Waals surface area contributed by atoms with E-state index in [0.29, 0.717) is 18.6 Å². The number of aryl methyl sites for hydroxylation is 1. The third-order valence-corrected chi connectivity index (χ3v) is 5.37. The van der Waals surface area contributed by atoms with Crippen molar-refractivity contribution >= 4 is 5.96 Å². The number of aromatic nitrogens is 3. The monoisotopic (exact) mass is 408 g/mol. The van der Waals surface area contributed by atoms with Crippen molar-refractivity contribution in [1.29, 1.82) is 0 Å². The number of hydrogen-bond acceptors (Lipinski definition) is 6. The Kier molecular flexibility index (Phi) is 9.83. The van der Waals surface area contributed by atoms with E-state index in [9.17, 15) is 0 Å². The largest absolute Gasteiger partial charge is 0.379 e. The van der Waals surface area contributed by atoms with Crippen molar-refractivity contribution in [2.75, 3.05) is 52.5 Å². The maximum Gasteiger partial charge on any atom is 0.191 e. The number of aliphatic imine (C=N–C) groups is 1. The van der Waals surface area contributed by atoms with Crippen molar-refractivity contribution in [1.82, 2.24) is 35.2 Å². The van der Waals surface area contributed by atoms with E-state index in [4.69, 9.17) is 9.73 Å². The van der Waals surface area contributed by atoms with Gasteiger partial charge in [0.1, 0.15) is 12.4 Å². The van der Waals surface area contributed by atoms with Crippen LogP contribution < -0.4 is 10.6 Å². The molecule has 1 aliphatic rings. The fourth-order valence-electron chi connectivity index (χ4n) is 3.49. The molecule has 2 rings (SSSR count). The number of hydrogen-bond donors (Lipinski definition) is 2. The summed E-state index contributed by atoms with van der Waals surface area (Å²) in [5.74, 6) is 2.59. The first kappa shape index (κ1) is 23.6. The Labute approximate surface area is 175 Å². The zero-order valence-electron chi connectivity index (χ0n) is 19.1. The van der Waals surface area contributed by atoms with Gasteiger partial charge in [-0.15, -0.1) is 10.2 Å². The molecule has 0 bridgehead atoms. The second-order valence-electron chi connectivity index (χ2n) is 8.12. The number of guanidine groups is 1. The van der Waals surface area contributed by atoms with Gasteiger partial charge in [-0.25, -0.2) is 4.99 Å². The van der Waals surface area contributed by atoms with Crippen molar-refractivity contribution in [3.05, 3.63) is 11.6 Å². The number of nitrogens with one attached hydrogen (secondary N) is 2. The zero-order chi connectivity index (χ0) is 21.2. The van der Waals surface area contributed by atoms with Gasteiger partial charge in [0, 0.05) is 58.4 Å². The molecule has 2 heterocycles. The third-order valence-electron chi connectivity index (χ3n) is 5.37. The highest BCUT2D eigenvalue weighted by Crippen LogP contribution is 2.03. The van der Waals surface area contributed by atoms with Gasteiger partial charge in [0.05, 0.1) is 13.2 Å². The summed E-state index contributed by atoms with van der Waals surface area (Å²) in [7, 11) is 1.97. The van der Waals surface area contributed by atoms with Crippen LogP contribution in [-0.2, 0) is 18.3 Å². The molecule has 29 heavy (non-hydrogen) atoms. The summed E-state index contributed by atoms with van der Waals surface area (Å²) in [6, 6.07) is 1.04. The molecule has 1 aliphatic heterocycles. The molecule has 0 saturated carbocycles. The van der Waals surface area contributed by atoms with Crippen LogP contribution in [0.2, 0.25) is 0 Å². The highest BCUT2D eigenvalue weighted by molar-refractivity contribution is 5.79. The van der Waals surface area contributed by atoms with E-state index in [0.717, 1.165) is 70.1 Å². The van der Waals surface area contributed by atoms with Crippen LogP contribution in [0.3, 0.4) is 0 Å². The molecule has 9 heteroatoms. The van der Waals surface area contributed by atoms with Gasteiger partial charge in [-0.1, -0.05) is 0 Å². The molecule has 1 aromatic rings. The van der Waals surface area contributed by atoms with E-state index in [-0.39, 0.29) is 0 Å². The molecule has 0 spiro atoms. The van der Waals surface area contributed by atoms with Crippen LogP contribution in [0, 0.1) is 6.92 Å². The van der Waals surface area contributed by atoms with Gasteiger partial charge in [0.15, 0.2) is 11.8 Å². The Hall–Kier alpha value is -1.71. The highest BCUT2D eigenvalue weighted by Gasteiger charge is 2.14. The molecule has 1 saturated heterocycles. The maximum atomic E-state index is 5.42. The molecule has 1 fully saturated rings. The quantitative estimate of drug-likeness (QED) is 0.434. The molecular formula is C20H40N8O. The Morgan fingerprint density at radius 3 is 2.34 bits per heavy atom. The van der Waals surface area contributed by atoms with Gasteiger partial charge >= 0.3 is 0 Å². The van der Waals surface area contributed by atoms with Crippen molar-refractivity contribution in [2.24, 2.45) is 12.0 Å². The lowest BCUT2D eigenvalue weighted by Crippen LogP contribution is -2.47. The smallest absolute Gasteiger partial charge is 0.191 e. The normalized spacial score (nSPS) is 16.2. The molecule has 9 nitrogen and oxygen atoms in total. The van der Waals surface area contributed by atoms with Crippen molar-refractivity contribution < 1.29 is 4.74 Å². The topological polar surface area (TPSA) is 82.8 Å². The predicted octanol–water partition coefficient (Wildman–Crippen LogP) is 0.610. The number of nitrogens with zero attached hydrogens (tertiary/aromatic N) is 6. The fraction of sp³-hybridized carbons (Fsp3) is 0.850. The van der Waals surface area contributed by atoms with Crippen LogP contribution in [0.1, 0.15) is 39.3 Å². The van der Waals surface area contributed by atoms with E-state index in [2.05, 4.69) is 58.3 Å². The van der Waals surface area contributed by atoms with Crippen molar-refractivity contribution in [2.45, 2.75) is 53.2 Å². The Bertz CT molecular complexity index is 614. The van der Waals surface area contributed by atoms with Crippen LogP contribution in [0.15, 0.2) is 4.99 Å². The van der Waals surface area contributed by atoms with Crippen LogP contribution in [0.25, 0.3) is 0 Å². The SMILES string of the molecule is Cc1nnc(CN=C(NCCN2CCOCC2)NCCN(C(C)C)C(C)C)n1C. The lowest BCUT2D eigenvalue weighted by Gasteiger charge is -2.30. The van der Waals surface area contributed by atoms with Crippen LogP contribution in [-0.4, -0.2) is 95.1 Å². The molecule has 1 aromatic heterocycles. The zero-order valence-corrected chi connectivity index (χ0v) is 19.1. The molecule has 0 atom stereocenters. The van der Waals surface area contributed by atoms with Gasteiger partial charge in [-0.05, 0) is 34.6 Å². The first-order valence-corrected chi connectivity index (χ1v) is 10.8. The van der Waals surface area contributed by atoms with Crippen molar-refractivity contribution in [3.63, 3.8) is 0 Å².